The number of para-hydroxylation sites is 1. The summed E-state index contributed by atoms with van der Waals surface area (Å²) in [6, 6.07) is 12.1. The second-order valence-electron chi connectivity index (χ2n) is 9.24. The first kappa shape index (κ1) is 24.3. The van der Waals surface area contributed by atoms with Crippen molar-refractivity contribution in [1.82, 2.24) is 14.9 Å². The van der Waals surface area contributed by atoms with E-state index >= 15 is 0 Å². The van der Waals surface area contributed by atoms with Crippen molar-refractivity contribution in [3.8, 4) is 0 Å². The Morgan fingerprint density at radius 3 is 2.24 bits per heavy atom. The number of carbonyl (C=O) groups excluding carboxylic acids is 1. The molecule has 1 aromatic carbocycles. The van der Waals surface area contributed by atoms with Crippen molar-refractivity contribution in [1.29, 1.82) is 0 Å². The number of anilines is 1. The van der Waals surface area contributed by atoms with E-state index in [0.717, 1.165) is 27.8 Å². The molecule has 2 aromatic heterocycles. The zero-order valence-corrected chi connectivity index (χ0v) is 20.3. The van der Waals surface area contributed by atoms with Crippen molar-refractivity contribution in [2.45, 2.75) is 57.9 Å². The number of urea groups is 1. The van der Waals surface area contributed by atoms with E-state index in [1.165, 1.54) is 0 Å². The maximum absolute atomic E-state index is 13.2. The second kappa shape index (κ2) is 10.5. The number of hydrogen-bond donors (Lipinski definition) is 2. The van der Waals surface area contributed by atoms with Crippen molar-refractivity contribution in [3.63, 3.8) is 0 Å². The van der Waals surface area contributed by atoms with Gasteiger partial charge in [-0.05, 0) is 54.0 Å². The fourth-order valence-electron chi connectivity index (χ4n) is 4.49. The first-order valence-corrected chi connectivity index (χ1v) is 11.6. The Labute approximate surface area is 197 Å². The molecule has 5 heteroatoms. The average molecular weight is 445 g/mol. The van der Waals surface area contributed by atoms with Crippen LogP contribution < -0.4 is 10.6 Å². The molecule has 0 bridgehead atoms. The molecule has 0 aliphatic rings. The van der Waals surface area contributed by atoms with Crippen LogP contribution in [0.1, 0.15) is 63.5 Å². The van der Waals surface area contributed by atoms with Crippen LogP contribution in [0.2, 0.25) is 0 Å². The number of nitrogens with one attached hydrogen (secondary N) is 2. The van der Waals surface area contributed by atoms with Crippen molar-refractivity contribution in [2.24, 2.45) is 0 Å². The van der Waals surface area contributed by atoms with E-state index in [-0.39, 0.29) is 6.03 Å². The number of nitrogens with zero attached hydrogens (tertiary/aromatic N) is 2. The summed E-state index contributed by atoms with van der Waals surface area (Å²) in [6.07, 6.45) is 8.95. The summed E-state index contributed by atoms with van der Waals surface area (Å²) in [6.45, 7) is 16.9. The fraction of sp³-hybridized carbons (Fsp3) is 0.357. The number of aromatic nitrogens is 2. The van der Waals surface area contributed by atoms with Crippen LogP contribution in [-0.2, 0) is 5.54 Å². The lowest BCUT2D eigenvalue weighted by Gasteiger charge is -2.35. The van der Waals surface area contributed by atoms with Gasteiger partial charge in [0, 0.05) is 30.0 Å². The molecule has 2 heterocycles. The Balaban J connectivity index is 1.90. The highest BCUT2D eigenvalue weighted by Crippen LogP contribution is 2.33. The summed E-state index contributed by atoms with van der Waals surface area (Å²) in [5, 5.41) is 7.35. The molecule has 0 aliphatic heterocycles. The number of rotatable bonds is 10. The zero-order chi connectivity index (χ0) is 24.0. The molecule has 33 heavy (non-hydrogen) atoms. The Morgan fingerprint density at radius 2 is 1.67 bits per heavy atom. The molecule has 174 valence electrons. The SMILES string of the molecule is C=CCC(CC=C)(CNC(=O)Nc1c(C(C)C)cccc1C(C)C)n1ccc2cccnc21. The summed E-state index contributed by atoms with van der Waals surface area (Å²) in [5.74, 6) is 0.605. The minimum absolute atomic E-state index is 0.216. The van der Waals surface area contributed by atoms with Crippen molar-refractivity contribution in [3.05, 3.63) is 85.2 Å². The minimum atomic E-state index is -0.449. The van der Waals surface area contributed by atoms with E-state index in [2.05, 4.69) is 85.3 Å². The number of benzene rings is 1. The topological polar surface area (TPSA) is 59.0 Å². The van der Waals surface area contributed by atoms with Crippen LogP contribution in [0, 0.1) is 0 Å². The highest BCUT2D eigenvalue weighted by Gasteiger charge is 2.32. The zero-order valence-electron chi connectivity index (χ0n) is 20.3. The van der Waals surface area contributed by atoms with Gasteiger partial charge >= 0.3 is 6.03 Å². The van der Waals surface area contributed by atoms with E-state index in [4.69, 9.17) is 0 Å². The number of allylic oxidation sites excluding steroid dienone is 2. The van der Waals surface area contributed by atoms with Gasteiger partial charge in [0.1, 0.15) is 5.65 Å². The molecule has 2 amide bonds. The molecular formula is C28H36N4O. The molecule has 0 fully saturated rings. The Morgan fingerprint density at radius 1 is 1.03 bits per heavy atom. The molecule has 0 unspecified atom stereocenters. The standard InChI is InChI=1S/C28H36N4O/c1-7-15-28(16-8-2,32-18-14-22-11-10-17-29-26(22)32)19-30-27(33)31-25-23(20(3)4)12-9-13-24(25)21(5)6/h7-14,17-18,20-21H,1-2,15-16,19H2,3-6H3,(H2,30,31,33). The van der Waals surface area contributed by atoms with Gasteiger partial charge < -0.3 is 15.2 Å². The van der Waals surface area contributed by atoms with Gasteiger partial charge in [-0.25, -0.2) is 9.78 Å². The van der Waals surface area contributed by atoms with Crippen LogP contribution in [0.3, 0.4) is 0 Å². The highest BCUT2D eigenvalue weighted by atomic mass is 16.2. The first-order valence-electron chi connectivity index (χ1n) is 11.6. The maximum Gasteiger partial charge on any atom is 0.319 e. The average Bonchev–Trinajstić information content (AvgIpc) is 3.22. The molecule has 0 saturated carbocycles. The van der Waals surface area contributed by atoms with Crippen molar-refractivity contribution < 1.29 is 4.79 Å². The van der Waals surface area contributed by atoms with Crippen molar-refractivity contribution >= 4 is 22.8 Å². The van der Waals surface area contributed by atoms with Gasteiger partial charge in [0.25, 0.3) is 0 Å². The third-order valence-corrected chi connectivity index (χ3v) is 6.20. The molecule has 2 N–H and O–H groups in total. The number of fused-ring (bicyclic) bond motifs is 1. The Bertz CT molecular complexity index is 1090. The van der Waals surface area contributed by atoms with Gasteiger partial charge in [-0.3, -0.25) is 0 Å². The van der Waals surface area contributed by atoms with Crippen LogP contribution in [0.25, 0.3) is 11.0 Å². The number of pyridine rings is 1. The van der Waals surface area contributed by atoms with E-state index in [9.17, 15) is 4.79 Å². The lowest BCUT2D eigenvalue weighted by molar-refractivity contribution is 0.238. The molecule has 0 aliphatic carbocycles. The van der Waals surface area contributed by atoms with Gasteiger partial charge in [0.2, 0.25) is 0 Å². The lowest BCUT2D eigenvalue weighted by atomic mass is 9.90. The van der Waals surface area contributed by atoms with Gasteiger partial charge in [-0.1, -0.05) is 58.0 Å². The number of carbonyl (C=O) groups is 1. The smallest absolute Gasteiger partial charge is 0.319 e. The lowest BCUT2D eigenvalue weighted by Crippen LogP contribution is -2.46. The predicted molar refractivity (Wildman–Crippen MR) is 139 cm³/mol. The summed E-state index contributed by atoms with van der Waals surface area (Å²) in [5.41, 5.74) is 3.62. The van der Waals surface area contributed by atoms with Crippen LogP contribution in [0.5, 0.6) is 0 Å². The number of hydrogen-bond acceptors (Lipinski definition) is 2. The predicted octanol–water partition coefficient (Wildman–Crippen LogP) is 6.95. The maximum atomic E-state index is 13.2. The molecule has 0 saturated heterocycles. The normalized spacial score (nSPS) is 11.7. The van der Waals surface area contributed by atoms with Crippen LogP contribution in [-0.4, -0.2) is 22.1 Å². The molecule has 3 rings (SSSR count). The third-order valence-electron chi connectivity index (χ3n) is 6.20. The van der Waals surface area contributed by atoms with Gasteiger partial charge in [-0.15, -0.1) is 13.2 Å². The summed E-state index contributed by atoms with van der Waals surface area (Å²) < 4.78 is 2.15. The molecular weight excluding hydrogens is 408 g/mol. The van der Waals surface area contributed by atoms with Crippen LogP contribution >= 0.6 is 0 Å². The van der Waals surface area contributed by atoms with Crippen LogP contribution in [0.15, 0.2) is 74.1 Å². The first-order chi connectivity index (χ1) is 15.8. The summed E-state index contributed by atoms with van der Waals surface area (Å²) in [7, 11) is 0. The van der Waals surface area contributed by atoms with Gasteiger partial charge in [0.15, 0.2) is 0 Å². The van der Waals surface area contributed by atoms with Gasteiger partial charge in [0.05, 0.1) is 5.54 Å². The van der Waals surface area contributed by atoms with Crippen LogP contribution in [0.4, 0.5) is 10.5 Å². The number of amides is 2. The molecule has 0 radical (unpaired) electrons. The van der Waals surface area contributed by atoms with E-state index in [0.29, 0.717) is 31.2 Å². The molecule has 5 nitrogen and oxygen atoms in total. The third kappa shape index (κ3) is 5.19. The quantitative estimate of drug-likeness (QED) is 0.332. The highest BCUT2D eigenvalue weighted by molar-refractivity contribution is 5.91. The molecule has 0 atom stereocenters. The van der Waals surface area contributed by atoms with E-state index < -0.39 is 5.54 Å². The van der Waals surface area contributed by atoms with E-state index in [1.807, 2.05) is 30.5 Å². The van der Waals surface area contributed by atoms with Gasteiger partial charge in [-0.2, -0.15) is 0 Å². The fourth-order valence-corrected chi connectivity index (χ4v) is 4.49. The monoisotopic (exact) mass is 444 g/mol. The molecule has 3 aromatic rings. The molecule has 0 spiro atoms. The summed E-state index contributed by atoms with van der Waals surface area (Å²) >= 11 is 0. The summed E-state index contributed by atoms with van der Waals surface area (Å²) in [4.78, 5) is 17.7. The largest absolute Gasteiger partial charge is 0.335 e. The van der Waals surface area contributed by atoms with E-state index in [1.54, 1.807) is 6.20 Å². The van der Waals surface area contributed by atoms with Crippen molar-refractivity contribution in [2.75, 3.05) is 11.9 Å². The second-order valence-corrected chi connectivity index (χ2v) is 9.24. The Hall–Kier alpha value is -3.34. The Kier molecular flexibility index (Phi) is 7.75. The minimum Gasteiger partial charge on any atom is -0.335 e.